The first-order valence-corrected chi connectivity index (χ1v) is 4.40. The molecule has 1 fully saturated rings. The maximum absolute atomic E-state index is 9.29. The van der Waals surface area contributed by atoms with Crippen LogP contribution in [0, 0.1) is 0 Å². The Bertz CT molecular complexity index is 132. The van der Waals surface area contributed by atoms with E-state index in [1.165, 1.54) is 0 Å². The first kappa shape index (κ1) is 9.92. The van der Waals surface area contributed by atoms with Gasteiger partial charge in [-0.3, -0.25) is 4.90 Å². The monoisotopic (exact) mass is 175 g/mol. The van der Waals surface area contributed by atoms with Crippen molar-refractivity contribution in [3.8, 4) is 0 Å². The summed E-state index contributed by atoms with van der Waals surface area (Å²) in [5, 5.41) is 27.6. The summed E-state index contributed by atoms with van der Waals surface area (Å²) < 4.78 is 0. The minimum atomic E-state index is -0.644. The van der Waals surface area contributed by atoms with Gasteiger partial charge in [-0.15, -0.1) is 0 Å². The maximum atomic E-state index is 9.29. The SMILES string of the molecule is CCC(O)CN1CC(O)C(O)C1. The third-order valence-corrected chi connectivity index (χ3v) is 2.27. The van der Waals surface area contributed by atoms with E-state index < -0.39 is 12.2 Å². The highest BCUT2D eigenvalue weighted by Gasteiger charge is 2.29. The topological polar surface area (TPSA) is 63.9 Å². The number of hydrogen-bond acceptors (Lipinski definition) is 4. The zero-order valence-corrected chi connectivity index (χ0v) is 7.35. The van der Waals surface area contributed by atoms with Gasteiger partial charge in [0, 0.05) is 19.6 Å². The van der Waals surface area contributed by atoms with Crippen LogP contribution in [-0.2, 0) is 0 Å². The molecule has 3 unspecified atom stereocenters. The van der Waals surface area contributed by atoms with Crippen LogP contribution in [0.1, 0.15) is 13.3 Å². The normalized spacial score (nSPS) is 34.0. The summed E-state index contributed by atoms with van der Waals surface area (Å²) in [5.41, 5.74) is 0. The predicted octanol–water partition coefficient (Wildman–Crippen LogP) is -1.21. The smallest absolute Gasteiger partial charge is 0.0938 e. The summed E-state index contributed by atoms with van der Waals surface area (Å²) in [6, 6.07) is 0. The Morgan fingerprint density at radius 1 is 1.33 bits per heavy atom. The van der Waals surface area contributed by atoms with E-state index >= 15 is 0 Å². The quantitative estimate of drug-likeness (QED) is 0.504. The van der Waals surface area contributed by atoms with Gasteiger partial charge in [0.25, 0.3) is 0 Å². The van der Waals surface area contributed by atoms with Crippen LogP contribution in [0.4, 0.5) is 0 Å². The van der Waals surface area contributed by atoms with Crippen LogP contribution >= 0.6 is 0 Å². The molecule has 4 heteroatoms. The number of nitrogens with zero attached hydrogens (tertiary/aromatic N) is 1. The van der Waals surface area contributed by atoms with E-state index in [9.17, 15) is 15.3 Å². The van der Waals surface area contributed by atoms with Gasteiger partial charge in [0.2, 0.25) is 0 Å². The van der Waals surface area contributed by atoms with E-state index in [-0.39, 0.29) is 6.10 Å². The van der Waals surface area contributed by atoms with Crippen molar-refractivity contribution in [1.29, 1.82) is 0 Å². The van der Waals surface area contributed by atoms with E-state index in [1.807, 2.05) is 11.8 Å². The van der Waals surface area contributed by atoms with Crippen molar-refractivity contribution >= 4 is 0 Å². The maximum Gasteiger partial charge on any atom is 0.0938 e. The van der Waals surface area contributed by atoms with Crippen molar-refractivity contribution < 1.29 is 15.3 Å². The van der Waals surface area contributed by atoms with Crippen molar-refractivity contribution in [3.05, 3.63) is 0 Å². The number of aliphatic hydroxyl groups is 3. The molecule has 1 rings (SSSR count). The molecule has 0 spiro atoms. The largest absolute Gasteiger partial charge is 0.392 e. The van der Waals surface area contributed by atoms with Gasteiger partial charge in [0.1, 0.15) is 0 Å². The van der Waals surface area contributed by atoms with E-state index in [0.29, 0.717) is 26.1 Å². The molecular weight excluding hydrogens is 158 g/mol. The Morgan fingerprint density at radius 2 is 1.83 bits per heavy atom. The number of β-amino-alcohol motifs (C(OH)–C–C–N with tert-alkyl or cyclic N) is 3. The number of likely N-dealkylation sites (tertiary alicyclic amines) is 1. The zero-order chi connectivity index (χ0) is 9.14. The van der Waals surface area contributed by atoms with Crippen LogP contribution in [0.5, 0.6) is 0 Å². The molecule has 4 nitrogen and oxygen atoms in total. The predicted molar refractivity (Wildman–Crippen MR) is 44.8 cm³/mol. The lowest BCUT2D eigenvalue weighted by Crippen LogP contribution is -2.31. The van der Waals surface area contributed by atoms with Gasteiger partial charge in [0.15, 0.2) is 0 Å². The molecule has 1 saturated heterocycles. The lowest BCUT2D eigenvalue weighted by molar-refractivity contribution is 0.0572. The Labute approximate surface area is 72.4 Å². The lowest BCUT2D eigenvalue weighted by atomic mass is 10.2. The van der Waals surface area contributed by atoms with E-state index in [0.717, 1.165) is 0 Å². The van der Waals surface area contributed by atoms with E-state index in [1.54, 1.807) is 0 Å². The Balaban J connectivity index is 2.27. The number of aliphatic hydroxyl groups excluding tert-OH is 3. The molecule has 1 aliphatic heterocycles. The van der Waals surface area contributed by atoms with Crippen molar-refractivity contribution in [2.75, 3.05) is 19.6 Å². The van der Waals surface area contributed by atoms with Crippen LogP contribution in [0.2, 0.25) is 0 Å². The highest BCUT2D eigenvalue weighted by Crippen LogP contribution is 2.10. The lowest BCUT2D eigenvalue weighted by Gasteiger charge is -2.17. The van der Waals surface area contributed by atoms with Crippen molar-refractivity contribution in [3.63, 3.8) is 0 Å². The molecular formula is C8H17NO3. The highest BCUT2D eigenvalue weighted by atomic mass is 16.3. The van der Waals surface area contributed by atoms with Crippen LogP contribution in [-0.4, -0.2) is 58.2 Å². The third kappa shape index (κ3) is 2.42. The van der Waals surface area contributed by atoms with Crippen LogP contribution in [0.15, 0.2) is 0 Å². The molecule has 0 saturated carbocycles. The fourth-order valence-corrected chi connectivity index (χ4v) is 1.42. The minimum Gasteiger partial charge on any atom is -0.392 e. The standard InChI is InChI=1S/C8H17NO3/c1-2-6(10)3-9-4-7(11)8(12)5-9/h6-8,10-12H,2-5H2,1H3. The molecule has 0 radical (unpaired) electrons. The highest BCUT2D eigenvalue weighted by molar-refractivity contribution is 4.83. The molecule has 0 amide bonds. The first-order valence-electron chi connectivity index (χ1n) is 4.40. The summed E-state index contributed by atoms with van der Waals surface area (Å²) >= 11 is 0. The molecule has 1 heterocycles. The Kier molecular flexibility index (Phi) is 3.46. The van der Waals surface area contributed by atoms with Crippen LogP contribution in [0.3, 0.4) is 0 Å². The molecule has 0 aromatic heterocycles. The molecule has 3 atom stereocenters. The van der Waals surface area contributed by atoms with Gasteiger partial charge < -0.3 is 15.3 Å². The van der Waals surface area contributed by atoms with Crippen molar-refractivity contribution in [2.45, 2.75) is 31.7 Å². The fraction of sp³-hybridized carbons (Fsp3) is 1.00. The average Bonchev–Trinajstić information content (AvgIpc) is 2.31. The molecule has 3 N–H and O–H groups in total. The summed E-state index contributed by atoms with van der Waals surface area (Å²) in [4.78, 5) is 1.88. The minimum absolute atomic E-state index is 0.345. The van der Waals surface area contributed by atoms with E-state index in [2.05, 4.69) is 0 Å². The van der Waals surface area contributed by atoms with Gasteiger partial charge in [-0.2, -0.15) is 0 Å². The summed E-state index contributed by atoms with van der Waals surface area (Å²) in [7, 11) is 0. The summed E-state index contributed by atoms with van der Waals surface area (Å²) in [5.74, 6) is 0. The molecule has 0 bridgehead atoms. The van der Waals surface area contributed by atoms with Crippen molar-refractivity contribution in [2.24, 2.45) is 0 Å². The first-order chi connectivity index (χ1) is 5.63. The van der Waals surface area contributed by atoms with Gasteiger partial charge in [-0.25, -0.2) is 0 Å². The Morgan fingerprint density at radius 3 is 2.25 bits per heavy atom. The summed E-state index contributed by atoms with van der Waals surface area (Å²) in [6.07, 6.45) is -0.923. The van der Waals surface area contributed by atoms with Crippen LogP contribution in [0.25, 0.3) is 0 Å². The van der Waals surface area contributed by atoms with Gasteiger partial charge in [-0.1, -0.05) is 6.92 Å². The van der Waals surface area contributed by atoms with Crippen molar-refractivity contribution in [1.82, 2.24) is 4.90 Å². The molecule has 72 valence electrons. The fourth-order valence-electron chi connectivity index (χ4n) is 1.42. The second-order valence-electron chi connectivity index (χ2n) is 3.42. The third-order valence-electron chi connectivity index (χ3n) is 2.27. The number of rotatable bonds is 3. The molecule has 0 aliphatic carbocycles. The average molecular weight is 175 g/mol. The second-order valence-corrected chi connectivity index (χ2v) is 3.42. The van der Waals surface area contributed by atoms with Gasteiger partial charge in [-0.05, 0) is 6.42 Å². The molecule has 0 aromatic carbocycles. The second kappa shape index (κ2) is 4.18. The number of hydrogen-bond donors (Lipinski definition) is 3. The molecule has 1 aliphatic rings. The van der Waals surface area contributed by atoms with Crippen LogP contribution < -0.4 is 0 Å². The van der Waals surface area contributed by atoms with E-state index in [4.69, 9.17) is 0 Å². The molecule has 12 heavy (non-hydrogen) atoms. The zero-order valence-electron chi connectivity index (χ0n) is 7.35. The Hall–Kier alpha value is -0.160. The van der Waals surface area contributed by atoms with Gasteiger partial charge in [0.05, 0.1) is 18.3 Å². The molecule has 0 aromatic rings. The summed E-state index contributed by atoms with van der Waals surface area (Å²) in [6.45, 7) is 3.40. The van der Waals surface area contributed by atoms with Gasteiger partial charge >= 0.3 is 0 Å².